The molecule has 0 saturated carbocycles. The summed E-state index contributed by atoms with van der Waals surface area (Å²) < 4.78 is 0. The minimum atomic E-state index is 0.454. The van der Waals surface area contributed by atoms with Gasteiger partial charge in [-0.3, -0.25) is 4.90 Å². The molecule has 2 heterocycles. The molecule has 6 heteroatoms. The highest BCUT2D eigenvalue weighted by Crippen LogP contribution is 2.14. The van der Waals surface area contributed by atoms with Gasteiger partial charge in [0, 0.05) is 38.8 Å². The molecule has 1 aliphatic heterocycles. The molecule has 1 saturated heterocycles. The van der Waals surface area contributed by atoms with Gasteiger partial charge in [0.2, 0.25) is 0 Å². The maximum Gasteiger partial charge on any atom is 0.144 e. The van der Waals surface area contributed by atoms with Crippen molar-refractivity contribution in [3.05, 3.63) is 12.4 Å². The number of anilines is 2. The molecule has 20 heavy (non-hydrogen) atoms. The molecule has 1 aromatic rings. The number of likely N-dealkylation sites (N-methyl/N-ethyl adjacent to an activating group) is 1. The summed E-state index contributed by atoms with van der Waals surface area (Å²) in [6.45, 7) is 10.00. The van der Waals surface area contributed by atoms with E-state index < -0.39 is 0 Å². The maximum absolute atomic E-state index is 5.55. The largest absolute Gasteiger partial charge is 0.382 e. The summed E-state index contributed by atoms with van der Waals surface area (Å²) in [6, 6.07) is 0.517. The number of rotatable bonds is 5. The van der Waals surface area contributed by atoms with Gasteiger partial charge in [-0.25, -0.2) is 9.97 Å². The highest BCUT2D eigenvalue weighted by atomic mass is 15.3. The second-order valence-corrected chi connectivity index (χ2v) is 5.86. The van der Waals surface area contributed by atoms with Crippen LogP contribution in [0.5, 0.6) is 0 Å². The van der Waals surface area contributed by atoms with Crippen LogP contribution in [0, 0.1) is 5.92 Å². The Hall–Kier alpha value is -1.40. The summed E-state index contributed by atoms with van der Waals surface area (Å²) in [7, 11) is 2.18. The number of hydrogen-bond donors (Lipinski definition) is 2. The third-order valence-electron chi connectivity index (χ3n) is 3.94. The Balaban J connectivity index is 1.90. The van der Waals surface area contributed by atoms with Gasteiger partial charge in [-0.1, -0.05) is 13.8 Å². The van der Waals surface area contributed by atoms with Gasteiger partial charge in [0.15, 0.2) is 0 Å². The van der Waals surface area contributed by atoms with Crippen molar-refractivity contribution >= 4 is 11.6 Å². The van der Waals surface area contributed by atoms with Crippen LogP contribution in [0.25, 0.3) is 0 Å². The van der Waals surface area contributed by atoms with E-state index in [2.05, 4.69) is 46.0 Å². The smallest absolute Gasteiger partial charge is 0.144 e. The zero-order valence-electron chi connectivity index (χ0n) is 12.7. The fraction of sp³-hybridized carbons (Fsp3) is 0.714. The summed E-state index contributed by atoms with van der Waals surface area (Å²) in [5.41, 5.74) is 5.55. The third kappa shape index (κ3) is 4.05. The molecule has 1 aromatic heterocycles. The Kier molecular flexibility index (Phi) is 5.14. The van der Waals surface area contributed by atoms with Crippen molar-refractivity contribution in [2.24, 2.45) is 5.92 Å². The van der Waals surface area contributed by atoms with Gasteiger partial charge < -0.3 is 16.0 Å². The minimum Gasteiger partial charge on any atom is -0.382 e. The molecule has 3 N–H and O–H groups in total. The first-order chi connectivity index (χ1) is 9.56. The van der Waals surface area contributed by atoms with Gasteiger partial charge in [-0.2, -0.15) is 0 Å². The van der Waals surface area contributed by atoms with E-state index in [9.17, 15) is 0 Å². The molecule has 0 bridgehead atoms. The average Bonchev–Trinajstić information content (AvgIpc) is 2.43. The summed E-state index contributed by atoms with van der Waals surface area (Å²) >= 11 is 0. The van der Waals surface area contributed by atoms with Gasteiger partial charge in [-0.15, -0.1) is 0 Å². The molecule has 112 valence electrons. The zero-order valence-corrected chi connectivity index (χ0v) is 12.7. The van der Waals surface area contributed by atoms with Gasteiger partial charge in [0.25, 0.3) is 0 Å². The highest BCUT2D eigenvalue weighted by Gasteiger charge is 2.24. The lowest BCUT2D eigenvalue weighted by Gasteiger charge is -2.40. The Morgan fingerprint density at radius 1 is 1.20 bits per heavy atom. The molecule has 2 rings (SSSR count). The molecule has 1 aliphatic rings. The van der Waals surface area contributed by atoms with E-state index in [0.29, 0.717) is 17.8 Å². The Morgan fingerprint density at radius 3 is 2.45 bits per heavy atom. The van der Waals surface area contributed by atoms with Crippen molar-refractivity contribution in [2.45, 2.75) is 19.9 Å². The molecule has 6 nitrogen and oxygen atoms in total. The lowest BCUT2D eigenvalue weighted by molar-refractivity contribution is 0.0944. The van der Waals surface area contributed by atoms with E-state index in [4.69, 9.17) is 5.73 Å². The molecule has 1 atom stereocenters. The van der Waals surface area contributed by atoms with Gasteiger partial charge in [0.05, 0.1) is 12.4 Å². The number of nitrogens with zero attached hydrogens (tertiary/aromatic N) is 4. The van der Waals surface area contributed by atoms with Crippen molar-refractivity contribution in [3.63, 3.8) is 0 Å². The van der Waals surface area contributed by atoms with Gasteiger partial charge in [0.1, 0.15) is 11.6 Å². The van der Waals surface area contributed by atoms with Crippen LogP contribution in [0.2, 0.25) is 0 Å². The molecule has 0 radical (unpaired) electrons. The van der Waals surface area contributed by atoms with E-state index in [-0.39, 0.29) is 0 Å². The van der Waals surface area contributed by atoms with Crippen molar-refractivity contribution < 1.29 is 0 Å². The first kappa shape index (κ1) is 15.0. The second kappa shape index (κ2) is 6.85. The van der Waals surface area contributed by atoms with E-state index in [1.807, 2.05) is 0 Å². The van der Waals surface area contributed by atoms with Crippen molar-refractivity contribution in [2.75, 3.05) is 50.8 Å². The normalized spacial score (nSPS) is 19.2. The molecule has 1 unspecified atom stereocenters. The monoisotopic (exact) mass is 278 g/mol. The zero-order chi connectivity index (χ0) is 14.5. The first-order valence-electron chi connectivity index (χ1n) is 7.30. The maximum atomic E-state index is 5.55. The average molecular weight is 278 g/mol. The van der Waals surface area contributed by atoms with Crippen molar-refractivity contribution in [3.8, 4) is 0 Å². The Bertz CT molecular complexity index is 397. The second-order valence-electron chi connectivity index (χ2n) is 5.86. The molecule has 0 aromatic carbocycles. The topological polar surface area (TPSA) is 70.3 Å². The van der Waals surface area contributed by atoms with Crippen molar-refractivity contribution in [1.82, 2.24) is 19.8 Å². The fourth-order valence-electron chi connectivity index (χ4n) is 2.58. The summed E-state index contributed by atoms with van der Waals surface area (Å²) in [5, 5.41) is 3.38. The first-order valence-corrected chi connectivity index (χ1v) is 7.30. The van der Waals surface area contributed by atoms with Gasteiger partial charge >= 0.3 is 0 Å². The summed E-state index contributed by atoms with van der Waals surface area (Å²) in [6.07, 6.45) is 3.28. The minimum absolute atomic E-state index is 0.454. The summed E-state index contributed by atoms with van der Waals surface area (Å²) in [5.74, 6) is 1.85. The predicted octanol–water partition coefficient (Wildman–Crippen LogP) is 0.743. The SMILES string of the molecule is CC(C)C(CNc1cnc(N)cn1)N1CCN(C)CC1. The number of aromatic nitrogens is 2. The van der Waals surface area contributed by atoms with Crippen LogP contribution < -0.4 is 11.1 Å². The molecule has 0 spiro atoms. The quantitative estimate of drug-likeness (QED) is 0.828. The van der Waals surface area contributed by atoms with Crippen LogP contribution in [-0.4, -0.2) is 65.6 Å². The van der Waals surface area contributed by atoms with Gasteiger partial charge in [-0.05, 0) is 13.0 Å². The molecule has 1 fully saturated rings. The van der Waals surface area contributed by atoms with Crippen LogP contribution in [0.3, 0.4) is 0 Å². The number of piperazine rings is 1. The number of nitrogen functional groups attached to an aromatic ring is 1. The van der Waals surface area contributed by atoms with Crippen LogP contribution in [-0.2, 0) is 0 Å². The van der Waals surface area contributed by atoms with Crippen molar-refractivity contribution in [1.29, 1.82) is 0 Å². The van der Waals surface area contributed by atoms with E-state index >= 15 is 0 Å². The van der Waals surface area contributed by atoms with E-state index in [1.165, 1.54) is 0 Å². The van der Waals surface area contributed by atoms with Crippen LogP contribution in [0.4, 0.5) is 11.6 Å². The fourth-order valence-corrected chi connectivity index (χ4v) is 2.58. The number of nitrogens with one attached hydrogen (secondary N) is 1. The predicted molar refractivity (Wildman–Crippen MR) is 82.6 cm³/mol. The molecular formula is C14H26N6. The Labute approximate surface area is 121 Å². The van der Waals surface area contributed by atoms with Crippen LogP contribution >= 0.6 is 0 Å². The third-order valence-corrected chi connectivity index (χ3v) is 3.94. The number of hydrogen-bond acceptors (Lipinski definition) is 6. The standard InChI is InChI=1S/C14H26N6/c1-11(2)12(20-6-4-19(3)5-7-20)8-17-14-10-16-13(15)9-18-14/h9-12H,4-8H2,1-3H3,(H2,15,16)(H,17,18). The molecular weight excluding hydrogens is 252 g/mol. The number of nitrogens with two attached hydrogens (primary N) is 1. The molecule has 0 aliphatic carbocycles. The Morgan fingerprint density at radius 2 is 1.90 bits per heavy atom. The highest BCUT2D eigenvalue weighted by molar-refractivity contribution is 5.36. The molecule has 0 amide bonds. The van der Waals surface area contributed by atoms with Crippen LogP contribution in [0.1, 0.15) is 13.8 Å². The lowest BCUT2D eigenvalue weighted by atomic mass is 10.0. The van der Waals surface area contributed by atoms with E-state index in [0.717, 1.165) is 38.5 Å². The van der Waals surface area contributed by atoms with E-state index in [1.54, 1.807) is 12.4 Å². The summed E-state index contributed by atoms with van der Waals surface area (Å²) in [4.78, 5) is 13.3. The van der Waals surface area contributed by atoms with Crippen LogP contribution in [0.15, 0.2) is 12.4 Å². The lowest BCUT2D eigenvalue weighted by Crippen LogP contribution is -2.52.